The molecule has 0 aliphatic heterocycles. The third-order valence-corrected chi connectivity index (χ3v) is 3.18. The molecule has 6 heteroatoms. The van der Waals surface area contributed by atoms with Crippen molar-refractivity contribution in [2.45, 2.75) is 6.42 Å². The highest BCUT2D eigenvalue weighted by molar-refractivity contribution is 9.10. The van der Waals surface area contributed by atoms with E-state index < -0.39 is 10.7 Å². The molecule has 0 heterocycles. The first kappa shape index (κ1) is 14.3. The number of Topliss-reactive ketones (excluding diaryl/α,β-unsaturated/α-hetero) is 1. The average Bonchev–Trinajstić information content (AvgIpc) is 2.40. The molecule has 2 aromatic carbocycles. The summed E-state index contributed by atoms with van der Waals surface area (Å²) in [6, 6.07) is 9.93. The molecule has 0 N–H and O–H groups in total. The molecule has 0 radical (unpaired) electrons. The Bertz CT molecular complexity index is 688. The molecular weight excluding hydrogens is 329 g/mol. The normalized spacial score (nSPS) is 10.3. The molecule has 20 heavy (non-hydrogen) atoms. The van der Waals surface area contributed by atoms with Crippen LogP contribution in [-0.2, 0) is 6.42 Å². The molecule has 0 saturated heterocycles. The quantitative estimate of drug-likeness (QED) is 0.482. The predicted octanol–water partition coefficient (Wildman–Crippen LogP) is 3.92. The number of ketones is 1. The second-order valence-corrected chi connectivity index (χ2v) is 5.06. The number of non-ortho nitro benzene ring substituents is 1. The fourth-order valence-corrected chi connectivity index (χ4v) is 2.24. The van der Waals surface area contributed by atoms with Crippen molar-refractivity contribution in [3.63, 3.8) is 0 Å². The van der Waals surface area contributed by atoms with Crippen LogP contribution in [0, 0.1) is 15.9 Å². The SMILES string of the molecule is O=C(Cc1ccccc1F)c1cc(Br)cc([N+](=O)[O-])c1. The van der Waals surface area contributed by atoms with Crippen LogP contribution in [0.5, 0.6) is 0 Å². The smallest absolute Gasteiger partial charge is 0.271 e. The summed E-state index contributed by atoms with van der Waals surface area (Å²) in [5.74, 6) is -0.843. The third kappa shape index (κ3) is 3.27. The monoisotopic (exact) mass is 337 g/mol. The molecule has 0 bridgehead atoms. The summed E-state index contributed by atoms with van der Waals surface area (Å²) in [6.07, 6.45) is -0.139. The highest BCUT2D eigenvalue weighted by Gasteiger charge is 2.15. The molecular formula is C14H9BrFNO3. The van der Waals surface area contributed by atoms with Crippen molar-refractivity contribution in [2.75, 3.05) is 0 Å². The highest BCUT2D eigenvalue weighted by atomic mass is 79.9. The van der Waals surface area contributed by atoms with E-state index in [-0.39, 0.29) is 29.0 Å². The molecule has 4 nitrogen and oxygen atoms in total. The summed E-state index contributed by atoms with van der Waals surface area (Å²) in [5.41, 5.74) is 0.255. The van der Waals surface area contributed by atoms with Crippen LogP contribution in [-0.4, -0.2) is 10.7 Å². The van der Waals surface area contributed by atoms with Crippen LogP contribution in [0.25, 0.3) is 0 Å². The lowest BCUT2D eigenvalue weighted by Crippen LogP contribution is -2.06. The van der Waals surface area contributed by atoms with Gasteiger partial charge in [-0.3, -0.25) is 14.9 Å². The third-order valence-electron chi connectivity index (χ3n) is 2.72. The van der Waals surface area contributed by atoms with Crippen LogP contribution >= 0.6 is 15.9 Å². The van der Waals surface area contributed by atoms with E-state index in [0.29, 0.717) is 4.47 Å². The van der Waals surface area contributed by atoms with E-state index in [1.165, 1.54) is 36.4 Å². The van der Waals surface area contributed by atoms with Gasteiger partial charge in [0.2, 0.25) is 0 Å². The average molecular weight is 338 g/mol. The van der Waals surface area contributed by atoms with Crippen molar-refractivity contribution >= 4 is 27.4 Å². The summed E-state index contributed by atoms with van der Waals surface area (Å²) < 4.78 is 13.9. The van der Waals surface area contributed by atoms with Crippen molar-refractivity contribution in [1.29, 1.82) is 0 Å². The molecule has 0 spiro atoms. The number of nitro groups is 1. The zero-order valence-corrected chi connectivity index (χ0v) is 11.8. The van der Waals surface area contributed by atoms with Gasteiger partial charge in [0.1, 0.15) is 5.82 Å². The molecule has 2 aromatic rings. The summed E-state index contributed by atoms with van der Waals surface area (Å²) in [4.78, 5) is 22.3. The Kier molecular flexibility index (Phi) is 4.24. The van der Waals surface area contributed by atoms with Gasteiger partial charge < -0.3 is 0 Å². The Hall–Kier alpha value is -2.08. The fraction of sp³-hybridized carbons (Fsp3) is 0.0714. The minimum atomic E-state index is -0.579. The molecule has 0 aliphatic rings. The lowest BCUT2D eigenvalue weighted by molar-refractivity contribution is -0.385. The van der Waals surface area contributed by atoms with Gasteiger partial charge in [-0.15, -0.1) is 0 Å². The first-order chi connectivity index (χ1) is 9.47. The van der Waals surface area contributed by atoms with E-state index in [4.69, 9.17) is 0 Å². The zero-order valence-electron chi connectivity index (χ0n) is 10.2. The van der Waals surface area contributed by atoms with Gasteiger partial charge in [-0.1, -0.05) is 34.1 Å². The van der Waals surface area contributed by atoms with Gasteiger partial charge >= 0.3 is 0 Å². The number of hydrogen-bond donors (Lipinski definition) is 0. The summed E-state index contributed by atoms with van der Waals surface area (Å²) in [5, 5.41) is 10.8. The van der Waals surface area contributed by atoms with E-state index in [1.807, 2.05) is 0 Å². The molecule has 0 fully saturated rings. The molecule has 0 unspecified atom stereocenters. The Labute approximate surface area is 122 Å². The number of carbonyl (C=O) groups is 1. The minimum Gasteiger partial charge on any atom is -0.294 e. The standard InChI is InChI=1S/C14H9BrFNO3/c15-11-5-10(6-12(8-11)17(19)20)14(18)7-9-3-1-2-4-13(9)16/h1-6,8H,7H2. The van der Waals surface area contributed by atoms with Crippen molar-refractivity contribution in [2.24, 2.45) is 0 Å². The van der Waals surface area contributed by atoms with E-state index in [2.05, 4.69) is 15.9 Å². The van der Waals surface area contributed by atoms with E-state index in [0.717, 1.165) is 0 Å². The van der Waals surface area contributed by atoms with Crippen LogP contribution in [0.15, 0.2) is 46.9 Å². The lowest BCUT2D eigenvalue weighted by atomic mass is 10.0. The molecule has 2 rings (SSSR count). The van der Waals surface area contributed by atoms with E-state index in [9.17, 15) is 19.3 Å². The number of benzene rings is 2. The van der Waals surface area contributed by atoms with E-state index in [1.54, 1.807) is 6.07 Å². The van der Waals surface area contributed by atoms with Crippen molar-refractivity contribution in [3.05, 3.63) is 74.0 Å². The van der Waals surface area contributed by atoms with Crippen LogP contribution in [0.1, 0.15) is 15.9 Å². The maximum Gasteiger partial charge on any atom is 0.271 e. The van der Waals surface area contributed by atoms with Crippen molar-refractivity contribution in [1.82, 2.24) is 0 Å². The van der Waals surface area contributed by atoms with Gasteiger partial charge in [0, 0.05) is 28.6 Å². The van der Waals surface area contributed by atoms with Crippen LogP contribution in [0.2, 0.25) is 0 Å². The van der Waals surface area contributed by atoms with E-state index >= 15 is 0 Å². The van der Waals surface area contributed by atoms with Crippen LogP contribution in [0.4, 0.5) is 10.1 Å². The molecule has 0 saturated carbocycles. The van der Waals surface area contributed by atoms with Gasteiger partial charge in [-0.05, 0) is 17.7 Å². The Morgan fingerprint density at radius 1 is 1.25 bits per heavy atom. The second-order valence-electron chi connectivity index (χ2n) is 4.15. The summed E-state index contributed by atoms with van der Waals surface area (Å²) in [7, 11) is 0. The lowest BCUT2D eigenvalue weighted by Gasteiger charge is -2.04. The van der Waals surface area contributed by atoms with Gasteiger partial charge in [0.05, 0.1) is 4.92 Å². The predicted molar refractivity (Wildman–Crippen MR) is 75.2 cm³/mol. The Morgan fingerprint density at radius 3 is 2.60 bits per heavy atom. The molecule has 0 aliphatic carbocycles. The zero-order chi connectivity index (χ0) is 14.7. The van der Waals surface area contributed by atoms with Crippen molar-refractivity contribution in [3.8, 4) is 0 Å². The molecule has 0 amide bonds. The molecule has 0 aromatic heterocycles. The van der Waals surface area contributed by atoms with Gasteiger partial charge in [-0.25, -0.2) is 4.39 Å². The number of halogens is 2. The number of nitrogens with zero attached hydrogens (tertiary/aromatic N) is 1. The Morgan fingerprint density at radius 2 is 1.95 bits per heavy atom. The van der Waals surface area contributed by atoms with Gasteiger partial charge in [0.25, 0.3) is 5.69 Å². The van der Waals surface area contributed by atoms with Gasteiger partial charge in [-0.2, -0.15) is 0 Å². The summed E-state index contributed by atoms with van der Waals surface area (Å²) >= 11 is 3.12. The number of rotatable bonds is 4. The number of hydrogen-bond acceptors (Lipinski definition) is 3. The first-order valence-electron chi connectivity index (χ1n) is 5.69. The number of carbonyl (C=O) groups excluding carboxylic acids is 1. The maximum atomic E-state index is 13.5. The fourth-order valence-electron chi connectivity index (χ4n) is 1.76. The largest absolute Gasteiger partial charge is 0.294 e. The molecule has 0 atom stereocenters. The number of nitro benzene ring substituents is 1. The summed E-state index contributed by atoms with van der Waals surface area (Å²) in [6.45, 7) is 0. The molecule has 102 valence electrons. The topological polar surface area (TPSA) is 60.2 Å². The Balaban J connectivity index is 2.30. The van der Waals surface area contributed by atoms with Gasteiger partial charge in [0.15, 0.2) is 5.78 Å². The first-order valence-corrected chi connectivity index (χ1v) is 6.48. The maximum absolute atomic E-state index is 13.5. The second kappa shape index (κ2) is 5.92. The van der Waals surface area contributed by atoms with Crippen molar-refractivity contribution < 1.29 is 14.1 Å². The minimum absolute atomic E-state index is 0.139. The van der Waals surface area contributed by atoms with Crippen LogP contribution < -0.4 is 0 Å². The highest BCUT2D eigenvalue weighted by Crippen LogP contribution is 2.22. The van der Waals surface area contributed by atoms with Crippen LogP contribution in [0.3, 0.4) is 0 Å².